The summed E-state index contributed by atoms with van der Waals surface area (Å²) in [6.45, 7) is 1.32. The Hall–Kier alpha value is -3.16. The Balaban J connectivity index is 1.81. The monoisotopic (exact) mass is 329 g/mol. The van der Waals surface area contributed by atoms with Gasteiger partial charge in [-0.05, 0) is 24.1 Å². The van der Waals surface area contributed by atoms with Crippen molar-refractivity contribution in [3.8, 4) is 0 Å². The number of carbonyl (C=O) groups is 3. The normalized spacial score (nSPS) is 14.2. The average molecular weight is 329 g/mol. The molecule has 0 saturated heterocycles. The Labute approximate surface area is 136 Å². The zero-order chi connectivity index (χ0) is 17.3. The first-order valence-corrected chi connectivity index (χ1v) is 7.38. The number of hydrogen-bond acceptors (Lipinski definition) is 4. The number of rotatable bonds is 4. The molecule has 24 heavy (non-hydrogen) atoms. The molecule has 0 bridgehead atoms. The smallest absolute Gasteiger partial charge is 0.356 e. The van der Waals surface area contributed by atoms with Crippen LogP contribution < -0.4 is 0 Å². The van der Waals surface area contributed by atoms with Gasteiger partial charge >= 0.3 is 11.9 Å². The third-order valence-corrected chi connectivity index (χ3v) is 3.88. The average Bonchev–Trinajstić information content (AvgIpc) is 2.92. The molecule has 0 unspecified atom stereocenters. The summed E-state index contributed by atoms with van der Waals surface area (Å²) in [6, 6.07) is 7.61. The molecule has 0 spiro atoms. The minimum Gasteiger partial charge on any atom is -0.478 e. The zero-order valence-electron chi connectivity index (χ0n) is 12.7. The molecule has 1 aliphatic heterocycles. The van der Waals surface area contributed by atoms with Crippen molar-refractivity contribution in [2.75, 3.05) is 6.54 Å². The zero-order valence-corrected chi connectivity index (χ0v) is 12.7. The van der Waals surface area contributed by atoms with Gasteiger partial charge in [-0.2, -0.15) is 5.10 Å². The quantitative estimate of drug-likeness (QED) is 0.875. The summed E-state index contributed by atoms with van der Waals surface area (Å²) in [5.41, 5.74) is 1.10. The number of hydrogen-bond donors (Lipinski definition) is 2. The number of carbonyl (C=O) groups excluding carboxylic acids is 1. The van der Waals surface area contributed by atoms with Crippen LogP contribution >= 0.6 is 0 Å². The molecule has 8 heteroatoms. The van der Waals surface area contributed by atoms with Gasteiger partial charge < -0.3 is 15.1 Å². The van der Waals surface area contributed by atoms with Gasteiger partial charge in [0, 0.05) is 25.7 Å². The molecular formula is C16H15N3O5. The number of carboxylic acid groups (broad SMARTS) is 2. The molecule has 0 saturated carbocycles. The van der Waals surface area contributed by atoms with Crippen molar-refractivity contribution in [3.05, 3.63) is 52.8 Å². The first-order chi connectivity index (χ1) is 11.5. The molecule has 1 aromatic carbocycles. The number of nitrogens with zero attached hydrogens (tertiary/aromatic N) is 3. The van der Waals surface area contributed by atoms with Gasteiger partial charge in [-0.1, -0.05) is 12.1 Å². The van der Waals surface area contributed by atoms with E-state index in [2.05, 4.69) is 5.10 Å². The molecule has 8 nitrogen and oxygen atoms in total. The number of carboxylic acids is 2. The van der Waals surface area contributed by atoms with E-state index in [0.717, 1.165) is 5.56 Å². The summed E-state index contributed by atoms with van der Waals surface area (Å²) in [4.78, 5) is 36.1. The maximum atomic E-state index is 12.6. The molecule has 2 heterocycles. The van der Waals surface area contributed by atoms with Crippen LogP contribution in [0.15, 0.2) is 30.3 Å². The number of benzene rings is 1. The highest BCUT2D eigenvalue weighted by Gasteiger charge is 2.26. The van der Waals surface area contributed by atoms with Crippen LogP contribution in [0.4, 0.5) is 0 Å². The summed E-state index contributed by atoms with van der Waals surface area (Å²) < 4.78 is 1.43. The minimum atomic E-state index is -1.17. The molecule has 2 aromatic rings. The van der Waals surface area contributed by atoms with E-state index < -0.39 is 11.9 Å². The van der Waals surface area contributed by atoms with Crippen LogP contribution in [0.1, 0.15) is 43.3 Å². The van der Waals surface area contributed by atoms with Gasteiger partial charge in [0.1, 0.15) is 5.69 Å². The van der Waals surface area contributed by atoms with E-state index in [1.54, 1.807) is 17.0 Å². The van der Waals surface area contributed by atoms with Crippen LogP contribution in [-0.2, 0) is 13.1 Å². The highest BCUT2D eigenvalue weighted by atomic mass is 16.4. The number of fused-ring (bicyclic) bond motifs is 1. The van der Waals surface area contributed by atoms with E-state index in [9.17, 15) is 14.4 Å². The summed E-state index contributed by atoms with van der Waals surface area (Å²) in [5.74, 6) is -2.45. The molecule has 1 aromatic heterocycles. The maximum Gasteiger partial charge on any atom is 0.356 e. The second kappa shape index (κ2) is 6.15. The fourth-order valence-corrected chi connectivity index (χ4v) is 2.66. The Kier molecular flexibility index (Phi) is 4.03. The van der Waals surface area contributed by atoms with E-state index in [4.69, 9.17) is 10.2 Å². The third kappa shape index (κ3) is 2.98. The molecule has 0 aliphatic carbocycles. The second-order valence-electron chi connectivity index (χ2n) is 5.53. The van der Waals surface area contributed by atoms with Crippen molar-refractivity contribution < 1.29 is 24.6 Å². The van der Waals surface area contributed by atoms with Crippen LogP contribution in [0.25, 0.3) is 0 Å². The van der Waals surface area contributed by atoms with Gasteiger partial charge in [-0.25, -0.2) is 9.59 Å². The predicted molar refractivity (Wildman–Crippen MR) is 81.9 cm³/mol. The van der Waals surface area contributed by atoms with Gasteiger partial charge in [0.05, 0.1) is 5.56 Å². The molecule has 124 valence electrons. The predicted octanol–water partition coefficient (Wildman–Crippen LogP) is 1.33. The first-order valence-electron chi connectivity index (χ1n) is 7.38. The first kappa shape index (κ1) is 15.7. The second-order valence-corrected chi connectivity index (χ2v) is 5.53. The Bertz CT molecular complexity index is 810. The summed E-state index contributed by atoms with van der Waals surface area (Å²) in [7, 11) is 0. The lowest BCUT2D eigenvalue weighted by Gasteiger charge is -2.20. The van der Waals surface area contributed by atoms with Crippen molar-refractivity contribution in [1.29, 1.82) is 0 Å². The molecule has 0 fully saturated rings. The van der Waals surface area contributed by atoms with Crippen LogP contribution in [0.5, 0.6) is 0 Å². The van der Waals surface area contributed by atoms with Crippen LogP contribution in [-0.4, -0.2) is 49.3 Å². The molecular weight excluding hydrogens is 314 g/mol. The van der Waals surface area contributed by atoms with Gasteiger partial charge in [0.15, 0.2) is 5.69 Å². The van der Waals surface area contributed by atoms with Crippen molar-refractivity contribution >= 4 is 17.8 Å². The lowest BCUT2D eigenvalue weighted by Crippen LogP contribution is -2.30. The van der Waals surface area contributed by atoms with Gasteiger partial charge in [0.2, 0.25) is 0 Å². The van der Waals surface area contributed by atoms with Gasteiger partial charge in [-0.3, -0.25) is 9.48 Å². The van der Waals surface area contributed by atoms with E-state index in [-0.39, 0.29) is 22.9 Å². The minimum absolute atomic E-state index is 0.147. The van der Waals surface area contributed by atoms with E-state index in [1.165, 1.54) is 22.9 Å². The summed E-state index contributed by atoms with van der Waals surface area (Å²) >= 11 is 0. The molecule has 3 rings (SSSR count). The summed E-state index contributed by atoms with van der Waals surface area (Å²) in [6.07, 6.45) is 0.659. The largest absolute Gasteiger partial charge is 0.478 e. The number of amides is 1. The van der Waals surface area contributed by atoms with E-state index in [0.29, 0.717) is 26.1 Å². The van der Waals surface area contributed by atoms with Crippen molar-refractivity contribution in [1.82, 2.24) is 14.7 Å². The maximum absolute atomic E-state index is 12.6. The van der Waals surface area contributed by atoms with Crippen LogP contribution in [0, 0.1) is 0 Å². The molecule has 1 aliphatic rings. The molecule has 1 amide bonds. The molecule has 0 atom stereocenters. The van der Waals surface area contributed by atoms with E-state index in [1.807, 2.05) is 0 Å². The number of aromatic carboxylic acids is 2. The number of aryl methyl sites for hydroxylation is 1. The van der Waals surface area contributed by atoms with Crippen molar-refractivity contribution in [2.45, 2.75) is 19.5 Å². The van der Waals surface area contributed by atoms with Crippen molar-refractivity contribution in [2.24, 2.45) is 0 Å². The molecule has 2 N–H and O–H groups in total. The van der Waals surface area contributed by atoms with Crippen LogP contribution in [0.2, 0.25) is 0 Å². The standard InChI is InChI=1S/C16H15N3O5/c20-14-13-8-12(16(23)24)17-19(13)7-1-6-18(14)9-10-2-4-11(5-3-10)15(21)22/h2-5,8H,1,6-7,9H2,(H,21,22)(H,23,24). The summed E-state index contributed by atoms with van der Waals surface area (Å²) in [5, 5.41) is 21.9. The fourth-order valence-electron chi connectivity index (χ4n) is 2.66. The Morgan fingerprint density at radius 2 is 1.79 bits per heavy atom. The molecule has 0 radical (unpaired) electrons. The highest BCUT2D eigenvalue weighted by Crippen LogP contribution is 2.17. The Morgan fingerprint density at radius 3 is 2.42 bits per heavy atom. The van der Waals surface area contributed by atoms with E-state index >= 15 is 0 Å². The lowest BCUT2D eigenvalue weighted by molar-refractivity contribution is 0.0681. The third-order valence-electron chi connectivity index (χ3n) is 3.88. The number of aromatic nitrogens is 2. The lowest BCUT2D eigenvalue weighted by atomic mass is 10.1. The van der Waals surface area contributed by atoms with Gasteiger partial charge in [0.25, 0.3) is 5.91 Å². The van der Waals surface area contributed by atoms with Crippen molar-refractivity contribution in [3.63, 3.8) is 0 Å². The fraction of sp³-hybridized carbons (Fsp3) is 0.250. The van der Waals surface area contributed by atoms with Crippen LogP contribution in [0.3, 0.4) is 0 Å². The SMILES string of the molecule is O=C(O)c1ccc(CN2CCCn3nc(C(=O)O)cc3C2=O)cc1. The topological polar surface area (TPSA) is 113 Å². The van der Waals surface area contributed by atoms with Gasteiger partial charge in [-0.15, -0.1) is 0 Å². The highest BCUT2D eigenvalue weighted by molar-refractivity contribution is 5.96. The Morgan fingerprint density at radius 1 is 1.08 bits per heavy atom.